The zero-order chi connectivity index (χ0) is 16.7. The molecule has 0 bridgehead atoms. The van der Waals surface area contributed by atoms with Crippen molar-refractivity contribution in [2.75, 3.05) is 24.5 Å². The third-order valence-corrected chi connectivity index (χ3v) is 3.83. The molecule has 2 rings (SSSR count). The van der Waals surface area contributed by atoms with Gasteiger partial charge in [0.05, 0.1) is 0 Å². The Morgan fingerprint density at radius 1 is 1.17 bits per heavy atom. The molecule has 0 spiro atoms. The first-order valence-corrected chi connectivity index (χ1v) is 7.96. The Bertz CT molecular complexity index is 643. The number of amides is 1. The van der Waals surface area contributed by atoms with E-state index in [0.717, 1.165) is 19.5 Å². The summed E-state index contributed by atoms with van der Waals surface area (Å²) in [4.78, 5) is 14.3. The van der Waals surface area contributed by atoms with E-state index in [1.54, 1.807) is 19.1 Å². The van der Waals surface area contributed by atoms with Crippen LogP contribution in [0.1, 0.15) is 29.3 Å². The molecule has 0 saturated carbocycles. The third kappa shape index (κ3) is 4.81. The van der Waals surface area contributed by atoms with Crippen molar-refractivity contribution in [2.45, 2.75) is 20.3 Å². The lowest BCUT2D eigenvalue weighted by molar-refractivity contribution is 0.0953. The molecule has 4 heteroatoms. The smallest absolute Gasteiger partial charge is 0.251 e. The Kier molecular flexibility index (Phi) is 6.15. The van der Waals surface area contributed by atoms with Crippen LogP contribution in [0.2, 0.25) is 0 Å². The highest BCUT2D eigenvalue weighted by Gasteiger charge is 2.08. The van der Waals surface area contributed by atoms with Crippen molar-refractivity contribution in [1.29, 1.82) is 0 Å². The number of benzene rings is 2. The molecule has 0 unspecified atom stereocenters. The molecule has 0 saturated heterocycles. The number of hydrogen-bond donors (Lipinski definition) is 1. The number of anilines is 1. The van der Waals surface area contributed by atoms with Crippen molar-refractivity contribution in [3.8, 4) is 0 Å². The van der Waals surface area contributed by atoms with Crippen LogP contribution >= 0.6 is 0 Å². The molecule has 1 N–H and O–H groups in total. The minimum absolute atomic E-state index is 0.230. The second-order valence-electron chi connectivity index (χ2n) is 5.49. The Morgan fingerprint density at radius 2 is 1.91 bits per heavy atom. The molecule has 0 fully saturated rings. The van der Waals surface area contributed by atoms with Crippen molar-refractivity contribution in [1.82, 2.24) is 5.32 Å². The number of para-hydroxylation sites is 1. The van der Waals surface area contributed by atoms with Crippen molar-refractivity contribution < 1.29 is 9.18 Å². The summed E-state index contributed by atoms with van der Waals surface area (Å²) in [6, 6.07) is 14.8. The van der Waals surface area contributed by atoms with Gasteiger partial charge in [0, 0.05) is 30.9 Å². The average molecular weight is 314 g/mol. The van der Waals surface area contributed by atoms with Gasteiger partial charge in [-0.2, -0.15) is 0 Å². The summed E-state index contributed by atoms with van der Waals surface area (Å²) >= 11 is 0. The average Bonchev–Trinajstić information content (AvgIpc) is 2.58. The Balaban J connectivity index is 1.80. The fourth-order valence-electron chi connectivity index (χ4n) is 2.42. The number of carbonyl (C=O) groups excluding carboxylic acids is 1. The monoisotopic (exact) mass is 314 g/mol. The van der Waals surface area contributed by atoms with Gasteiger partial charge in [-0.15, -0.1) is 0 Å². The molecule has 0 atom stereocenters. The van der Waals surface area contributed by atoms with Gasteiger partial charge in [-0.05, 0) is 50.1 Å². The lowest BCUT2D eigenvalue weighted by Crippen LogP contribution is -2.30. The van der Waals surface area contributed by atoms with Crippen molar-refractivity contribution in [3.05, 3.63) is 65.5 Å². The summed E-state index contributed by atoms with van der Waals surface area (Å²) in [5.41, 5.74) is 2.09. The van der Waals surface area contributed by atoms with Gasteiger partial charge >= 0.3 is 0 Å². The minimum Gasteiger partial charge on any atom is -0.372 e. The maximum atomic E-state index is 13.5. The van der Waals surface area contributed by atoms with E-state index < -0.39 is 0 Å². The van der Waals surface area contributed by atoms with Crippen molar-refractivity contribution in [2.24, 2.45) is 0 Å². The molecule has 122 valence electrons. The highest BCUT2D eigenvalue weighted by atomic mass is 19.1. The highest BCUT2D eigenvalue weighted by molar-refractivity contribution is 5.94. The van der Waals surface area contributed by atoms with Crippen LogP contribution in [0.15, 0.2) is 48.5 Å². The second-order valence-corrected chi connectivity index (χ2v) is 5.49. The third-order valence-electron chi connectivity index (χ3n) is 3.83. The van der Waals surface area contributed by atoms with Gasteiger partial charge in [0.2, 0.25) is 0 Å². The van der Waals surface area contributed by atoms with E-state index in [2.05, 4.69) is 29.3 Å². The molecule has 0 heterocycles. The van der Waals surface area contributed by atoms with Gasteiger partial charge in [0.25, 0.3) is 5.91 Å². The Labute approximate surface area is 137 Å². The maximum Gasteiger partial charge on any atom is 0.251 e. The van der Waals surface area contributed by atoms with E-state index in [9.17, 15) is 9.18 Å². The van der Waals surface area contributed by atoms with Gasteiger partial charge in [-0.1, -0.05) is 24.3 Å². The first-order valence-electron chi connectivity index (χ1n) is 7.96. The van der Waals surface area contributed by atoms with Crippen molar-refractivity contribution in [3.63, 3.8) is 0 Å². The van der Waals surface area contributed by atoms with Gasteiger partial charge in [0.15, 0.2) is 0 Å². The zero-order valence-electron chi connectivity index (χ0n) is 13.7. The van der Waals surface area contributed by atoms with Crippen LogP contribution in [0.3, 0.4) is 0 Å². The van der Waals surface area contributed by atoms with E-state index in [0.29, 0.717) is 17.7 Å². The van der Waals surface area contributed by atoms with Gasteiger partial charge in [-0.3, -0.25) is 4.79 Å². The molecular weight excluding hydrogens is 291 g/mol. The number of nitrogens with one attached hydrogen (secondary N) is 1. The van der Waals surface area contributed by atoms with Crippen LogP contribution in [-0.4, -0.2) is 25.5 Å². The summed E-state index contributed by atoms with van der Waals surface area (Å²) in [5, 5.41) is 2.84. The molecule has 0 radical (unpaired) electrons. The number of halogens is 1. The molecule has 2 aromatic rings. The lowest BCUT2D eigenvalue weighted by atomic mass is 10.1. The predicted molar refractivity (Wildman–Crippen MR) is 92.4 cm³/mol. The van der Waals surface area contributed by atoms with Gasteiger partial charge < -0.3 is 10.2 Å². The normalized spacial score (nSPS) is 10.4. The largest absolute Gasteiger partial charge is 0.372 e. The Morgan fingerprint density at radius 3 is 2.57 bits per heavy atom. The number of nitrogens with zero attached hydrogens (tertiary/aromatic N) is 1. The molecule has 0 aliphatic rings. The van der Waals surface area contributed by atoms with E-state index >= 15 is 0 Å². The van der Waals surface area contributed by atoms with Crippen LogP contribution in [0.5, 0.6) is 0 Å². The first kappa shape index (κ1) is 17.0. The summed E-state index contributed by atoms with van der Waals surface area (Å²) in [7, 11) is 0. The first-order chi connectivity index (χ1) is 11.1. The summed E-state index contributed by atoms with van der Waals surface area (Å²) in [6.45, 7) is 6.14. The van der Waals surface area contributed by atoms with Crippen LogP contribution in [0, 0.1) is 12.7 Å². The number of rotatable bonds is 7. The van der Waals surface area contributed by atoms with Crippen LogP contribution in [0.25, 0.3) is 0 Å². The fourth-order valence-corrected chi connectivity index (χ4v) is 2.42. The van der Waals surface area contributed by atoms with Gasteiger partial charge in [0.1, 0.15) is 5.82 Å². The number of carbonyl (C=O) groups is 1. The fraction of sp³-hybridized carbons (Fsp3) is 0.316. The molecule has 0 aromatic heterocycles. The van der Waals surface area contributed by atoms with Crippen LogP contribution in [-0.2, 0) is 0 Å². The lowest BCUT2D eigenvalue weighted by Gasteiger charge is -2.23. The van der Waals surface area contributed by atoms with E-state index in [4.69, 9.17) is 0 Å². The second kappa shape index (κ2) is 8.32. The standard InChI is InChI=1S/C19H23FN2O/c1-3-22(17-8-5-4-6-9-17)13-7-12-21-19(23)16-11-10-15(2)18(20)14-16/h4-6,8-11,14H,3,7,12-13H2,1-2H3,(H,21,23). The maximum absolute atomic E-state index is 13.5. The molecule has 0 aliphatic heterocycles. The number of aryl methyl sites for hydroxylation is 1. The highest BCUT2D eigenvalue weighted by Crippen LogP contribution is 2.13. The zero-order valence-corrected chi connectivity index (χ0v) is 13.7. The van der Waals surface area contributed by atoms with E-state index in [-0.39, 0.29) is 11.7 Å². The summed E-state index contributed by atoms with van der Waals surface area (Å²) < 4.78 is 13.5. The van der Waals surface area contributed by atoms with Crippen molar-refractivity contribution >= 4 is 11.6 Å². The summed E-state index contributed by atoms with van der Waals surface area (Å²) in [5.74, 6) is -0.578. The van der Waals surface area contributed by atoms with E-state index in [1.165, 1.54) is 11.8 Å². The van der Waals surface area contributed by atoms with Gasteiger partial charge in [-0.25, -0.2) is 4.39 Å². The molecular formula is C19H23FN2O. The molecule has 0 aliphatic carbocycles. The molecule has 1 amide bonds. The van der Waals surface area contributed by atoms with Crippen LogP contribution < -0.4 is 10.2 Å². The Hall–Kier alpha value is -2.36. The van der Waals surface area contributed by atoms with Crippen LogP contribution in [0.4, 0.5) is 10.1 Å². The predicted octanol–water partition coefficient (Wildman–Crippen LogP) is 3.78. The summed E-state index contributed by atoms with van der Waals surface area (Å²) in [6.07, 6.45) is 0.836. The van der Waals surface area contributed by atoms with E-state index in [1.807, 2.05) is 18.2 Å². The molecule has 2 aromatic carbocycles. The quantitative estimate of drug-likeness (QED) is 0.789. The topological polar surface area (TPSA) is 32.3 Å². The minimum atomic E-state index is -0.348. The SMILES string of the molecule is CCN(CCCNC(=O)c1ccc(C)c(F)c1)c1ccccc1. The number of hydrogen-bond acceptors (Lipinski definition) is 2. The molecule has 3 nitrogen and oxygen atoms in total. The molecule has 23 heavy (non-hydrogen) atoms.